The number of amides is 1. The summed E-state index contributed by atoms with van der Waals surface area (Å²) < 4.78 is 0. The summed E-state index contributed by atoms with van der Waals surface area (Å²) in [5.74, 6) is 0.291. The van der Waals surface area contributed by atoms with Crippen molar-refractivity contribution in [3.63, 3.8) is 0 Å². The fraction of sp³-hybridized carbons (Fsp3) is 0.917. The summed E-state index contributed by atoms with van der Waals surface area (Å²) in [6.07, 6.45) is 9.82. The first kappa shape index (κ1) is 10.0. The van der Waals surface area contributed by atoms with Gasteiger partial charge in [0, 0.05) is 12.5 Å². The van der Waals surface area contributed by atoms with Crippen molar-refractivity contribution in [2.45, 2.75) is 64.3 Å². The van der Waals surface area contributed by atoms with Crippen LogP contribution in [-0.2, 0) is 4.79 Å². The normalized spacial score (nSPS) is 31.5. The molecule has 0 aromatic rings. The van der Waals surface area contributed by atoms with Gasteiger partial charge < -0.3 is 5.32 Å². The molecule has 0 bridgehead atoms. The summed E-state index contributed by atoms with van der Waals surface area (Å²) in [5, 5.41) is 3.15. The van der Waals surface area contributed by atoms with Gasteiger partial charge >= 0.3 is 0 Å². The molecular formula is C12H21NO. The standard InChI is InChI=1S/C12H21NO/c1-2-10-12(9-11(14)13-10)7-5-3-4-6-8-12/h10H,2-9H2,1H3,(H,13,14). The highest BCUT2D eigenvalue weighted by molar-refractivity contribution is 5.80. The molecule has 0 aromatic carbocycles. The van der Waals surface area contributed by atoms with Crippen molar-refractivity contribution < 1.29 is 4.79 Å². The monoisotopic (exact) mass is 195 g/mol. The summed E-state index contributed by atoms with van der Waals surface area (Å²) in [7, 11) is 0. The van der Waals surface area contributed by atoms with E-state index in [-0.39, 0.29) is 0 Å². The predicted octanol–water partition coefficient (Wildman–Crippen LogP) is 2.63. The molecule has 1 aliphatic heterocycles. The van der Waals surface area contributed by atoms with E-state index in [2.05, 4.69) is 12.2 Å². The van der Waals surface area contributed by atoms with E-state index in [1.54, 1.807) is 0 Å². The first-order valence-electron chi connectivity index (χ1n) is 6.06. The first-order chi connectivity index (χ1) is 6.77. The Hall–Kier alpha value is -0.530. The molecule has 0 radical (unpaired) electrons. The van der Waals surface area contributed by atoms with Crippen LogP contribution in [0.3, 0.4) is 0 Å². The van der Waals surface area contributed by atoms with E-state index in [1.165, 1.54) is 38.5 Å². The van der Waals surface area contributed by atoms with Crippen molar-refractivity contribution in [1.82, 2.24) is 5.32 Å². The number of hydrogen-bond acceptors (Lipinski definition) is 1. The lowest BCUT2D eigenvalue weighted by molar-refractivity contribution is -0.119. The molecule has 1 saturated heterocycles. The molecule has 80 valence electrons. The molecule has 1 spiro atoms. The molecule has 1 atom stereocenters. The smallest absolute Gasteiger partial charge is 0.220 e. The van der Waals surface area contributed by atoms with E-state index in [0.29, 0.717) is 17.4 Å². The zero-order chi connectivity index (χ0) is 10.0. The molecule has 0 aromatic heterocycles. The van der Waals surface area contributed by atoms with Crippen LogP contribution in [0.5, 0.6) is 0 Å². The average Bonchev–Trinajstić information content (AvgIpc) is 2.37. The lowest BCUT2D eigenvalue weighted by Crippen LogP contribution is -2.36. The molecule has 1 aliphatic carbocycles. The zero-order valence-electron chi connectivity index (χ0n) is 9.14. The van der Waals surface area contributed by atoms with Crippen LogP contribution >= 0.6 is 0 Å². The Balaban J connectivity index is 2.14. The molecule has 1 amide bonds. The van der Waals surface area contributed by atoms with E-state index in [0.717, 1.165) is 12.8 Å². The van der Waals surface area contributed by atoms with Gasteiger partial charge in [0.2, 0.25) is 5.91 Å². The molecule has 2 heteroatoms. The van der Waals surface area contributed by atoms with Crippen LogP contribution in [0.1, 0.15) is 58.3 Å². The third-order valence-electron chi connectivity index (χ3n) is 4.09. The zero-order valence-corrected chi connectivity index (χ0v) is 9.14. The van der Waals surface area contributed by atoms with Crippen LogP contribution in [0.25, 0.3) is 0 Å². The molecule has 1 unspecified atom stereocenters. The van der Waals surface area contributed by atoms with Crippen LogP contribution in [0.4, 0.5) is 0 Å². The van der Waals surface area contributed by atoms with Gasteiger partial charge in [0.05, 0.1) is 0 Å². The first-order valence-corrected chi connectivity index (χ1v) is 6.06. The van der Waals surface area contributed by atoms with Crippen molar-refractivity contribution in [3.8, 4) is 0 Å². The molecule has 2 nitrogen and oxygen atoms in total. The highest BCUT2D eigenvalue weighted by Crippen LogP contribution is 2.45. The average molecular weight is 195 g/mol. The topological polar surface area (TPSA) is 29.1 Å². The third-order valence-corrected chi connectivity index (χ3v) is 4.09. The molecular weight excluding hydrogens is 174 g/mol. The molecule has 14 heavy (non-hydrogen) atoms. The second-order valence-electron chi connectivity index (χ2n) is 4.98. The van der Waals surface area contributed by atoms with E-state index in [9.17, 15) is 4.79 Å². The minimum Gasteiger partial charge on any atom is -0.353 e. The highest BCUT2D eigenvalue weighted by Gasteiger charge is 2.45. The maximum atomic E-state index is 11.5. The molecule has 1 heterocycles. The summed E-state index contributed by atoms with van der Waals surface area (Å²) in [6, 6.07) is 0.466. The van der Waals surface area contributed by atoms with E-state index in [4.69, 9.17) is 0 Å². The van der Waals surface area contributed by atoms with E-state index in [1.807, 2.05) is 0 Å². The second kappa shape index (κ2) is 3.92. The SMILES string of the molecule is CCC1NC(=O)CC12CCCCCC2. The Bertz CT molecular complexity index is 216. The minimum absolute atomic E-state index is 0.291. The van der Waals surface area contributed by atoms with E-state index >= 15 is 0 Å². The fourth-order valence-electron chi connectivity index (χ4n) is 3.33. The van der Waals surface area contributed by atoms with Crippen LogP contribution < -0.4 is 5.32 Å². The summed E-state index contributed by atoms with van der Waals surface area (Å²) in [6.45, 7) is 2.20. The molecule has 1 N–H and O–H groups in total. The number of rotatable bonds is 1. The Morgan fingerprint density at radius 2 is 1.93 bits per heavy atom. The lowest BCUT2D eigenvalue weighted by Gasteiger charge is -2.32. The van der Waals surface area contributed by atoms with Gasteiger partial charge in [-0.05, 0) is 24.7 Å². The third kappa shape index (κ3) is 1.67. The number of carbonyl (C=O) groups excluding carboxylic acids is 1. The van der Waals surface area contributed by atoms with Crippen molar-refractivity contribution in [2.24, 2.45) is 5.41 Å². The van der Waals surface area contributed by atoms with Gasteiger partial charge in [-0.2, -0.15) is 0 Å². The maximum absolute atomic E-state index is 11.5. The molecule has 2 aliphatic rings. The summed E-state index contributed by atoms with van der Waals surface area (Å²) in [5.41, 5.74) is 0.336. The van der Waals surface area contributed by atoms with Crippen molar-refractivity contribution in [2.75, 3.05) is 0 Å². The molecule has 2 fully saturated rings. The number of carbonyl (C=O) groups is 1. The van der Waals surface area contributed by atoms with Crippen LogP contribution in [0.15, 0.2) is 0 Å². The predicted molar refractivity (Wildman–Crippen MR) is 57.0 cm³/mol. The van der Waals surface area contributed by atoms with Crippen molar-refractivity contribution in [3.05, 3.63) is 0 Å². The molecule has 1 saturated carbocycles. The van der Waals surface area contributed by atoms with Gasteiger partial charge in [-0.15, -0.1) is 0 Å². The largest absolute Gasteiger partial charge is 0.353 e. The van der Waals surface area contributed by atoms with Gasteiger partial charge in [0.15, 0.2) is 0 Å². The highest BCUT2D eigenvalue weighted by atomic mass is 16.2. The van der Waals surface area contributed by atoms with Gasteiger partial charge in [-0.3, -0.25) is 4.79 Å². The van der Waals surface area contributed by atoms with Crippen LogP contribution in [0.2, 0.25) is 0 Å². The molecule has 2 rings (SSSR count). The van der Waals surface area contributed by atoms with Gasteiger partial charge in [0.1, 0.15) is 0 Å². The Morgan fingerprint density at radius 3 is 2.50 bits per heavy atom. The van der Waals surface area contributed by atoms with Crippen LogP contribution in [-0.4, -0.2) is 11.9 Å². The van der Waals surface area contributed by atoms with Crippen molar-refractivity contribution >= 4 is 5.91 Å². The summed E-state index contributed by atoms with van der Waals surface area (Å²) >= 11 is 0. The fourth-order valence-corrected chi connectivity index (χ4v) is 3.33. The van der Waals surface area contributed by atoms with Gasteiger partial charge in [-0.1, -0.05) is 32.6 Å². The number of hydrogen-bond donors (Lipinski definition) is 1. The maximum Gasteiger partial charge on any atom is 0.220 e. The lowest BCUT2D eigenvalue weighted by atomic mass is 9.73. The van der Waals surface area contributed by atoms with Crippen LogP contribution in [0, 0.1) is 5.41 Å². The van der Waals surface area contributed by atoms with Crippen molar-refractivity contribution in [1.29, 1.82) is 0 Å². The Labute approximate surface area is 86.5 Å². The van der Waals surface area contributed by atoms with Gasteiger partial charge in [-0.25, -0.2) is 0 Å². The summed E-state index contributed by atoms with van der Waals surface area (Å²) in [4.78, 5) is 11.5. The van der Waals surface area contributed by atoms with Gasteiger partial charge in [0.25, 0.3) is 0 Å². The number of nitrogens with one attached hydrogen (secondary N) is 1. The Morgan fingerprint density at radius 1 is 1.29 bits per heavy atom. The van der Waals surface area contributed by atoms with E-state index < -0.39 is 0 Å². The minimum atomic E-state index is 0.291. The quantitative estimate of drug-likeness (QED) is 0.684. The Kier molecular flexibility index (Phi) is 2.80. The second-order valence-corrected chi connectivity index (χ2v) is 4.98.